The summed E-state index contributed by atoms with van der Waals surface area (Å²) in [5, 5.41) is 4.46. The number of para-hydroxylation sites is 2. The van der Waals surface area contributed by atoms with E-state index >= 15 is 0 Å². The molecular weight excluding hydrogens is 378 g/mol. The number of benzene rings is 2. The highest BCUT2D eigenvalue weighted by Crippen LogP contribution is 2.31. The van der Waals surface area contributed by atoms with Crippen LogP contribution in [0, 0.1) is 6.92 Å². The highest BCUT2D eigenvalue weighted by Gasteiger charge is 2.27. The van der Waals surface area contributed by atoms with Crippen molar-refractivity contribution in [3.05, 3.63) is 58.6 Å². The minimum absolute atomic E-state index is 0.120. The molecule has 0 aliphatic carbocycles. The molecule has 0 unspecified atom stereocenters. The van der Waals surface area contributed by atoms with Crippen molar-refractivity contribution < 1.29 is 9.69 Å². The van der Waals surface area contributed by atoms with Crippen LogP contribution in [0.2, 0.25) is 0 Å². The molecule has 1 aromatic heterocycles. The zero-order valence-corrected chi connectivity index (χ0v) is 18.3. The predicted molar refractivity (Wildman–Crippen MR) is 121 cm³/mol. The lowest BCUT2D eigenvalue weighted by atomic mass is 9.97. The van der Waals surface area contributed by atoms with E-state index in [0.29, 0.717) is 18.4 Å². The lowest BCUT2D eigenvalue weighted by Crippen LogP contribution is -3.14. The summed E-state index contributed by atoms with van der Waals surface area (Å²) in [5.74, 6) is 1.04. The zero-order valence-electron chi connectivity index (χ0n) is 17.5. The van der Waals surface area contributed by atoms with E-state index < -0.39 is 0 Å². The van der Waals surface area contributed by atoms with Crippen molar-refractivity contribution in [2.45, 2.75) is 45.4 Å². The van der Waals surface area contributed by atoms with Gasteiger partial charge in [-0.15, -0.1) is 11.3 Å². The molecule has 1 fully saturated rings. The van der Waals surface area contributed by atoms with E-state index in [-0.39, 0.29) is 5.91 Å². The Hall–Kier alpha value is -2.24. The van der Waals surface area contributed by atoms with Crippen molar-refractivity contribution in [2.75, 3.05) is 25.0 Å². The fraction of sp³-hybridized carbons (Fsp3) is 0.417. The SMILES string of the molecule is Cc1cccc(C(C)C)c1NC(=O)C[NH+]1CCC(c2nc3ccccc3s2)CC1. The number of nitrogens with one attached hydrogen (secondary N) is 2. The van der Waals surface area contributed by atoms with Crippen LogP contribution >= 0.6 is 11.3 Å². The number of piperidine rings is 1. The smallest absolute Gasteiger partial charge is 0.279 e. The maximum absolute atomic E-state index is 12.7. The summed E-state index contributed by atoms with van der Waals surface area (Å²) in [6.45, 7) is 9.00. The summed E-state index contributed by atoms with van der Waals surface area (Å²) < 4.78 is 1.27. The van der Waals surface area contributed by atoms with Gasteiger partial charge in [0.1, 0.15) is 0 Å². The molecule has 1 saturated heterocycles. The van der Waals surface area contributed by atoms with Crippen molar-refractivity contribution in [1.29, 1.82) is 0 Å². The number of hydrogen-bond donors (Lipinski definition) is 2. The van der Waals surface area contributed by atoms with Gasteiger partial charge in [-0.25, -0.2) is 4.98 Å². The molecular formula is C24H30N3OS+. The first-order valence-electron chi connectivity index (χ1n) is 10.6. The molecule has 4 rings (SSSR count). The summed E-state index contributed by atoms with van der Waals surface area (Å²) >= 11 is 1.83. The van der Waals surface area contributed by atoms with Crippen molar-refractivity contribution in [3.63, 3.8) is 0 Å². The first-order valence-corrected chi connectivity index (χ1v) is 11.4. The third-order valence-corrected chi connectivity index (χ3v) is 7.15. The van der Waals surface area contributed by atoms with Crippen molar-refractivity contribution in [2.24, 2.45) is 0 Å². The number of aromatic nitrogens is 1. The van der Waals surface area contributed by atoms with E-state index in [1.54, 1.807) is 0 Å². The molecule has 4 nitrogen and oxygen atoms in total. The van der Waals surface area contributed by atoms with E-state index in [1.165, 1.54) is 20.2 Å². The summed E-state index contributed by atoms with van der Waals surface area (Å²) in [5.41, 5.74) is 4.45. The van der Waals surface area contributed by atoms with E-state index in [0.717, 1.165) is 42.7 Å². The van der Waals surface area contributed by atoms with Gasteiger partial charge in [-0.2, -0.15) is 0 Å². The summed E-state index contributed by atoms with van der Waals surface area (Å²) in [6.07, 6.45) is 2.20. The third kappa shape index (κ3) is 4.51. The fourth-order valence-electron chi connectivity index (χ4n) is 4.27. The molecule has 1 aliphatic rings. The number of carbonyl (C=O) groups is 1. The van der Waals surface area contributed by atoms with E-state index in [4.69, 9.17) is 4.98 Å². The molecule has 0 atom stereocenters. The number of carbonyl (C=O) groups excluding carboxylic acids is 1. The van der Waals surface area contributed by atoms with Crippen LogP contribution in [0.4, 0.5) is 5.69 Å². The number of aryl methyl sites for hydroxylation is 1. The Morgan fingerprint density at radius 2 is 1.93 bits per heavy atom. The molecule has 5 heteroatoms. The number of likely N-dealkylation sites (tertiary alicyclic amines) is 1. The predicted octanol–water partition coefficient (Wildman–Crippen LogP) is 4.13. The van der Waals surface area contributed by atoms with E-state index in [1.807, 2.05) is 11.3 Å². The quantitative estimate of drug-likeness (QED) is 0.667. The molecule has 29 heavy (non-hydrogen) atoms. The minimum atomic E-state index is 0.120. The monoisotopic (exact) mass is 408 g/mol. The Morgan fingerprint density at radius 1 is 1.17 bits per heavy atom. The van der Waals surface area contributed by atoms with Crippen LogP contribution in [0.3, 0.4) is 0 Å². The molecule has 2 heterocycles. The van der Waals surface area contributed by atoms with Crippen LogP contribution in [0.5, 0.6) is 0 Å². The second-order valence-electron chi connectivity index (χ2n) is 8.46. The summed E-state index contributed by atoms with van der Waals surface area (Å²) in [6, 6.07) is 14.6. The average molecular weight is 409 g/mol. The Labute approximate surface area is 177 Å². The van der Waals surface area contributed by atoms with Crippen molar-refractivity contribution in [3.8, 4) is 0 Å². The minimum Gasteiger partial charge on any atom is -0.327 e. The van der Waals surface area contributed by atoms with Gasteiger partial charge in [0.05, 0.1) is 28.3 Å². The number of thiazole rings is 1. The van der Waals surface area contributed by atoms with Gasteiger partial charge in [-0.3, -0.25) is 4.79 Å². The van der Waals surface area contributed by atoms with Gasteiger partial charge >= 0.3 is 0 Å². The van der Waals surface area contributed by atoms with Gasteiger partial charge in [-0.1, -0.05) is 44.2 Å². The maximum Gasteiger partial charge on any atom is 0.279 e. The van der Waals surface area contributed by atoms with Crippen molar-refractivity contribution in [1.82, 2.24) is 4.98 Å². The zero-order chi connectivity index (χ0) is 20.4. The number of quaternary nitrogens is 1. The van der Waals surface area contributed by atoms with Crippen LogP contribution in [-0.4, -0.2) is 30.5 Å². The molecule has 1 aliphatic heterocycles. The number of fused-ring (bicyclic) bond motifs is 1. The van der Waals surface area contributed by atoms with Gasteiger partial charge in [0.15, 0.2) is 6.54 Å². The number of hydrogen-bond acceptors (Lipinski definition) is 3. The average Bonchev–Trinajstić information content (AvgIpc) is 3.14. The topological polar surface area (TPSA) is 46.4 Å². The molecule has 1 amide bonds. The first-order chi connectivity index (χ1) is 14.0. The van der Waals surface area contributed by atoms with Gasteiger partial charge < -0.3 is 10.2 Å². The number of amides is 1. The Bertz CT molecular complexity index is 969. The van der Waals surface area contributed by atoms with Crippen molar-refractivity contribution >= 4 is 33.1 Å². The Kier molecular flexibility index (Phi) is 5.97. The fourth-order valence-corrected chi connectivity index (χ4v) is 5.40. The van der Waals surface area contributed by atoms with Crippen LogP contribution in [0.15, 0.2) is 42.5 Å². The standard InChI is InChI=1S/C24H29N3OS/c1-16(2)19-8-6-7-17(3)23(19)26-22(28)15-27-13-11-18(12-14-27)24-25-20-9-4-5-10-21(20)29-24/h4-10,16,18H,11-15H2,1-3H3,(H,26,28)/p+1. The van der Waals surface area contributed by atoms with Crippen LogP contribution in [0.1, 0.15) is 54.7 Å². The Balaban J connectivity index is 1.34. The molecule has 0 bridgehead atoms. The lowest BCUT2D eigenvalue weighted by molar-refractivity contribution is -0.897. The van der Waals surface area contributed by atoms with Gasteiger partial charge in [0, 0.05) is 24.4 Å². The van der Waals surface area contributed by atoms with Gasteiger partial charge in [-0.05, 0) is 36.1 Å². The van der Waals surface area contributed by atoms with Crippen LogP contribution in [0.25, 0.3) is 10.2 Å². The maximum atomic E-state index is 12.7. The molecule has 0 radical (unpaired) electrons. The van der Waals surface area contributed by atoms with Crippen LogP contribution in [-0.2, 0) is 4.79 Å². The highest BCUT2D eigenvalue weighted by atomic mass is 32.1. The second-order valence-corrected chi connectivity index (χ2v) is 9.53. The lowest BCUT2D eigenvalue weighted by Gasteiger charge is -2.28. The molecule has 152 valence electrons. The van der Waals surface area contributed by atoms with E-state index in [2.05, 4.69) is 68.6 Å². The number of rotatable bonds is 5. The van der Waals surface area contributed by atoms with Gasteiger partial charge in [0.25, 0.3) is 5.91 Å². The highest BCUT2D eigenvalue weighted by molar-refractivity contribution is 7.18. The molecule has 3 aromatic rings. The number of anilines is 1. The summed E-state index contributed by atoms with van der Waals surface area (Å²) in [4.78, 5) is 19.0. The number of nitrogens with zero attached hydrogens (tertiary/aromatic N) is 1. The molecule has 0 saturated carbocycles. The molecule has 2 N–H and O–H groups in total. The first kappa shape index (κ1) is 20.0. The molecule has 2 aromatic carbocycles. The largest absolute Gasteiger partial charge is 0.327 e. The Morgan fingerprint density at radius 3 is 2.66 bits per heavy atom. The molecule has 0 spiro atoms. The van der Waals surface area contributed by atoms with Gasteiger partial charge in [0.2, 0.25) is 0 Å². The normalized spacial score (nSPS) is 19.6. The van der Waals surface area contributed by atoms with Crippen LogP contribution < -0.4 is 10.2 Å². The van der Waals surface area contributed by atoms with E-state index in [9.17, 15) is 4.79 Å². The second kappa shape index (κ2) is 8.64. The third-order valence-electron chi connectivity index (χ3n) is 5.95. The summed E-state index contributed by atoms with van der Waals surface area (Å²) in [7, 11) is 0.